The number of aromatic nitrogens is 2. The molecular formula is C8H10N2OS. The van der Waals surface area contributed by atoms with E-state index in [9.17, 15) is 4.79 Å². The molecule has 0 N–H and O–H groups in total. The number of carbonyl (C=O) groups excluding carboxylic acids is 1. The molecule has 0 bridgehead atoms. The molecule has 12 heavy (non-hydrogen) atoms. The molecule has 0 saturated heterocycles. The Labute approximate surface area is 75.6 Å². The lowest BCUT2D eigenvalue weighted by atomic mass is 10.5. The average molecular weight is 182 g/mol. The van der Waals surface area contributed by atoms with Crippen LogP contribution in [0.4, 0.5) is 0 Å². The van der Waals surface area contributed by atoms with Crippen LogP contribution >= 0.6 is 11.8 Å². The smallest absolute Gasteiger partial charge is 0.139 e. The van der Waals surface area contributed by atoms with Crippen molar-refractivity contribution in [2.45, 2.75) is 12.7 Å². The van der Waals surface area contributed by atoms with Gasteiger partial charge < -0.3 is 0 Å². The summed E-state index contributed by atoms with van der Waals surface area (Å²) in [5, 5.41) is 0. The molecule has 0 unspecified atom stereocenters. The van der Waals surface area contributed by atoms with Gasteiger partial charge in [0.2, 0.25) is 0 Å². The van der Waals surface area contributed by atoms with Crippen LogP contribution in [0.5, 0.6) is 0 Å². The molecule has 0 fully saturated rings. The number of carbonyl (C=O) groups is 1. The van der Waals surface area contributed by atoms with E-state index in [4.69, 9.17) is 0 Å². The van der Waals surface area contributed by atoms with E-state index in [0.717, 1.165) is 11.4 Å². The van der Waals surface area contributed by atoms with Gasteiger partial charge in [-0.2, -0.15) is 0 Å². The van der Waals surface area contributed by atoms with Crippen LogP contribution in [0.2, 0.25) is 0 Å². The molecule has 1 aromatic rings. The fraction of sp³-hybridized carbons (Fsp3) is 0.375. The Kier molecular flexibility index (Phi) is 3.73. The molecule has 0 spiro atoms. The quantitative estimate of drug-likeness (QED) is 0.704. The Morgan fingerprint density at radius 2 is 2.50 bits per heavy atom. The van der Waals surface area contributed by atoms with Crippen LogP contribution in [0.3, 0.4) is 0 Å². The van der Waals surface area contributed by atoms with E-state index in [1.54, 1.807) is 24.9 Å². The summed E-state index contributed by atoms with van der Waals surface area (Å²) in [4.78, 5) is 18.4. The lowest BCUT2D eigenvalue weighted by Crippen LogP contribution is -1.95. The normalized spacial score (nSPS) is 9.75. The molecule has 1 aromatic heterocycles. The lowest BCUT2D eigenvalue weighted by molar-refractivity contribution is -0.114. The third-order valence-electron chi connectivity index (χ3n) is 1.20. The Balaban J connectivity index is 2.29. The standard InChI is InChI=1S/C8H10N2OS/c1-7(11)4-12-5-8-2-3-9-6-10-8/h2-3,6H,4-5H2,1H3. The van der Waals surface area contributed by atoms with Crippen LogP contribution in [0.25, 0.3) is 0 Å². The van der Waals surface area contributed by atoms with E-state index in [2.05, 4.69) is 9.97 Å². The first kappa shape index (κ1) is 9.19. The zero-order valence-electron chi connectivity index (χ0n) is 6.86. The summed E-state index contributed by atoms with van der Waals surface area (Å²) < 4.78 is 0. The van der Waals surface area contributed by atoms with Crippen molar-refractivity contribution in [2.75, 3.05) is 5.75 Å². The second kappa shape index (κ2) is 4.87. The summed E-state index contributed by atoms with van der Waals surface area (Å²) in [6, 6.07) is 1.85. The van der Waals surface area contributed by atoms with Gasteiger partial charge in [-0.3, -0.25) is 4.79 Å². The number of rotatable bonds is 4. The molecule has 0 atom stereocenters. The monoisotopic (exact) mass is 182 g/mol. The van der Waals surface area contributed by atoms with Gasteiger partial charge >= 0.3 is 0 Å². The second-order valence-corrected chi connectivity index (χ2v) is 3.38. The van der Waals surface area contributed by atoms with Gasteiger partial charge in [-0.1, -0.05) is 0 Å². The summed E-state index contributed by atoms with van der Waals surface area (Å²) in [7, 11) is 0. The minimum atomic E-state index is 0.203. The van der Waals surface area contributed by atoms with Crippen LogP contribution in [0, 0.1) is 0 Å². The van der Waals surface area contributed by atoms with E-state index in [1.807, 2.05) is 6.07 Å². The number of hydrogen-bond donors (Lipinski definition) is 0. The number of nitrogens with zero attached hydrogens (tertiary/aromatic N) is 2. The average Bonchev–Trinajstić information content (AvgIpc) is 2.05. The molecule has 3 nitrogen and oxygen atoms in total. The van der Waals surface area contributed by atoms with Crippen molar-refractivity contribution in [3.05, 3.63) is 24.3 Å². The van der Waals surface area contributed by atoms with Gasteiger partial charge in [0.05, 0.1) is 11.4 Å². The molecule has 0 aliphatic rings. The minimum absolute atomic E-state index is 0.203. The molecule has 0 aliphatic heterocycles. The van der Waals surface area contributed by atoms with Gasteiger partial charge in [-0.05, 0) is 13.0 Å². The number of hydrogen-bond acceptors (Lipinski definition) is 4. The van der Waals surface area contributed by atoms with Crippen molar-refractivity contribution >= 4 is 17.5 Å². The maximum Gasteiger partial charge on any atom is 0.139 e. The van der Waals surface area contributed by atoms with E-state index >= 15 is 0 Å². The predicted molar refractivity (Wildman–Crippen MR) is 48.9 cm³/mol. The molecule has 0 aliphatic carbocycles. The van der Waals surface area contributed by atoms with Crippen molar-refractivity contribution in [3.63, 3.8) is 0 Å². The summed E-state index contributed by atoms with van der Waals surface area (Å²) in [6.45, 7) is 1.59. The first-order chi connectivity index (χ1) is 5.79. The van der Waals surface area contributed by atoms with Gasteiger partial charge in [0.25, 0.3) is 0 Å². The number of ketones is 1. The van der Waals surface area contributed by atoms with Crippen molar-refractivity contribution in [2.24, 2.45) is 0 Å². The van der Waals surface area contributed by atoms with Crippen molar-refractivity contribution in [1.82, 2.24) is 9.97 Å². The fourth-order valence-electron chi connectivity index (χ4n) is 0.703. The van der Waals surface area contributed by atoms with Gasteiger partial charge in [0.15, 0.2) is 0 Å². The van der Waals surface area contributed by atoms with Crippen molar-refractivity contribution in [3.8, 4) is 0 Å². The highest BCUT2D eigenvalue weighted by molar-refractivity contribution is 7.99. The van der Waals surface area contributed by atoms with E-state index < -0.39 is 0 Å². The highest BCUT2D eigenvalue weighted by atomic mass is 32.2. The number of Topliss-reactive ketones (excluding diaryl/α,β-unsaturated/α-hetero) is 1. The van der Waals surface area contributed by atoms with Crippen LogP contribution in [-0.4, -0.2) is 21.5 Å². The van der Waals surface area contributed by atoms with Gasteiger partial charge in [-0.15, -0.1) is 11.8 Å². The first-order valence-corrected chi connectivity index (χ1v) is 4.76. The molecule has 4 heteroatoms. The van der Waals surface area contributed by atoms with Crippen molar-refractivity contribution in [1.29, 1.82) is 0 Å². The summed E-state index contributed by atoms with van der Waals surface area (Å²) in [5.74, 6) is 1.54. The number of thioether (sulfide) groups is 1. The van der Waals surface area contributed by atoms with Crippen LogP contribution in [-0.2, 0) is 10.5 Å². The molecule has 0 amide bonds. The fourth-order valence-corrected chi connectivity index (χ4v) is 1.47. The summed E-state index contributed by atoms with van der Waals surface area (Å²) in [6.07, 6.45) is 3.22. The van der Waals surface area contributed by atoms with Gasteiger partial charge in [-0.25, -0.2) is 9.97 Å². The van der Waals surface area contributed by atoms with E-state index in [0.29, 0.717) is 5.75 Å². The minimum Gasteiger partial charge on any atom is -0.299 e. The highest BCUT2D eigenvalue weighted by Crippen LogP contribution is 2.08. The Hall–Kier alpha value is -0.900. The topological polar surface area (TPSA) is 42.9 Å². The zero-order chi connectivity index (χ0) is 8.81. The highest BCUT2D eigenvalue weighted by Gasteiger charge is 1.95. The summed E-state index contributed by atoms with van der Waals surface area (Å²) >= 11 is 1.57. The third-order valence-corrected chi connectivity index (χ3v) is 2.31. The predicted octanol–water partition coefficient (Wildman–Crippen LogP) is 1.30. The maximum absolute atomic E-state index is 10.6. The molecule has 1 rings (SSSR count). The zero-order valence-corrected chi connectivity index (χ0v) is 7.67. The van der Waals surface area contributed by atoms with Crippen LogP contribution in [0.1, 0.15) is 12.6 Å². The molecule has 0 aromatic carbocycles. The van der Waals surface area contributed by atoms with E-state index in [-0.39, 0.29) is 5.78 Å². The maximum atomic E-state index is 10.6. The van der Waals surface area contributed by atoms with Crippen LogP contribution < -0.4 is 0 Å². The first-order valence-electron chi connectivity index (χ1n) is 3.61. The SMILES string of the molecule is CC(=O)CSCc1ccncn1. The van der Waals surface area contributed by atoms with Crippen LogP contribution in [0.15, 0.2) is 18.6 Å². The Morgan fingerprint density at radius 1 is 1.67 bits per heavy atom. The molecular weight excluding hydrogens is 172 g/mol. The molecule has 0 radical (unpaired) electrons. The van der Waals surface area contributed by atoms with Gasteiger partial charge in [0, 0.05) is 11.9 Å². The van der Waals surface area contributed by atoms with Crippen molar-refractivity contribution < 1.29 is 4.79 Å². The molecule has 1 heterocycles. The second-order valence-electron chi connectivity index (χ2n) is 2.40. The molecule has 0 saturated carbocycles. The molecule has 64 valence electrons. The Morgan fingerprint density at radius 3 is 3.08 bits per heavy atom. The summed E-state index contributed by atoms with van der Waals surface area (Å²) in [5.41, 5.74) is 0.969. The van der Waals surface area contributed by atoms with E-state index in [1.165, 1.54) is 6.33 Å². The lowest BCUT2D eigenvalue weighted by Gasteiger charge is -1.96. The largest absolute Gasteiger partial charge is 0.299 e. The van der Waals surface area contributed by atoms with Gasteiger partial charge in [0.1, 0.15) is 12.1 Å². The Bertz CT molecular complexity index is 250. The third kappa shape index (κ3) is 3.48.